The van der Waals surface area contributed by atoms with Crippen molar-refractivity contribution in [2.24, 2.45) is 7.05 Å². The molecule has 0 saturated heterocycles. The number of rotatable bonds is 6. The van der Waals surface area contributed by atoms with E-state index in [-0.39, 0.29) is 5.91 Å². The third-order valence-corrected chi connectivity index (χ3v) is 2.63. The molecule has 2 aromatic heterocycles. The lowest BCUT2D eigenvalue weighted by molar-refractivity contribution is 0.0950. The van der Waals surface area contributed by atoms with Crippen molar-refractivity contribution < 1.29 is 4.79 Å². The number of carbonyl (C=O) groups excluding carboxylic acids is 1. The molecule has 2 aromatic rings. The van der Waals surface area contributed by atoms with Gasteiger partial charge < -0.3 is 10.6 Å². The Morgan fingerprint density at radius 3 is 2.95 bits per heavy atom. The predicted octanol–water partition coefficient (Wildman–Crippen LogP) is 0.962. The molecule has 0 fully saturated rings. The topological polar surface area (TPSA) is 84.7 Å². The molecule has 2 rings (SSSR count). The molecule has 0 aliphatic carbocycles. The van der Waals surface area contributed by atoms with Crippen LogP contribution < -0.4 is 10.6 Å². The standard InChI is InChI=1S/C13H18N6O/c1-3-5-14-11-7-10(4-6-15-11)13(20)16-8-12-17-9-19(2)18-12/h4,6-7,9H,3,5,8H2,1-2H3,(H,14,15)(H,16,20). The summed E-state index contributed by atoms with van der Waals surface area (Å²) >= 11 is 0. The quantitative estimate of drug-likeness (QED) is 0.819. The lowest BCUT2D eigenvalue weighted by Gasteiger charge is -2.06. The molecule has 2 heterocycles. The summed E-state index contributed by atoms with van der Waals surface area (Å²) in [7, 11) is 1.78. The van der Waals surface area contributed by atoms with Gasteiger partial charge in [0.05, 0.1) is 6.54 Å². The van der Waals surface area contributed by atoms with E-state index in [2.05, 4.69) is 32.6 Å². The Morgan fingerprint density at radius 2 is 2.25 bits per heavy atom. The molecule has 7 nitrogen and oxygen atoms in total. The van der Waals surface area contributed by atoms with Crippen LogP contribution in [-0.2, 0) is 13.6 Å². The van der Waals surface area contributed by atoms with Gasteiger partial charge >= 0.3 is 0 Å². The van der Waals surface area contributed by atoms with Gasteiger partial charge in [-0.15, -0.1) is 0 Å². The van der Waals surface area contributed by atoms with Crippen LogP contribution in [0.4, 0.5) is 5.82 Å². The monoisotopic (exact) mass is 274 g/mol. The third kappa shape index (κ3) is 3.78. The first kappa shape index (κ1) is 14.0. The number of carbonyl (C=O) groups is 1. The minimum absolute atomic E-state index is 0.167. The number of hydrogen-bond acceptors (Lipinski definition) is 5. The Bertz CT molecular complexity index is 580. The molecule has 0 saturated carbocycles. The lowest BCUT2D eigenvalue weighted by atomic mass is 10.2. The van der Waals surface area contributed by atoms with Gasteiger partial charge in [-0.25, -0.2) is 9.97 Å². The van der Waals surface area contributed by atoms with Crippen molar-refractivity contribution in [3.05, 3.63) is 36.0 Å². The van der Waals surface area contributed by atoms with Crippen LogP contribution in [0, 0.1) is 0 Å². The zero-order valence-corrected chi connectivity index (χ0v) is 11.6. The van der Waals surface area contributed by atoms with Gasteiger partial charge in [-0.05, 0) is 18.6 Å². The number of aromatic nitrogens is 4. The first-order chi connectivity index (χ1) is 9.69. The number of aryl methyl sites for hydroxylation is 1. The minimum atomic E-state index is -0.167. The summed E-state index contributed by atoms with van der Waals surface area (Å²) in [4.78, 5) is 20.2. The summed E-state index contributed by atoms with van der Waals surface area (Å²) in [6.07, 6.45) is 4.22. The number of pyridine rings is 1. The van der Waals surface area contributed by atoms with Crippen molar-refractivity contribution in [1.82, 2.24) is 25.1 Å². The Kier molecular flexibility index (Phi) is 4.65. The molecule has 20 heavy (non-hydrogen) atoms. The van der Waals surface area contributed by atoms with Gasteiger partial charge in [0.2, 0.25) is 0 Å². The smallest absolute Gasteiger partial charge is 0.251 e. The maximum atomic E-state index is 12.0. The highest BCUT2D eigenvalue weighted by Crippen LogP contribution is 2.07. The van der Waals surface area contributed by atoms with Crippen LogP contribution in [0.15, 0.2) is 24.7 Å². The highest BCUT2D eigenvalue weighted by Gasteiger charge is 2.08. The van der Waals surface area contributed by atoms with E-state index < -0.39 is 0 Å². The molecule has 0 unspecified atom stereocenters. The SMILES string of the molecule is CCCNc1cc(C(=O)NCc2ncn(C)n2)ccn1. The molecule has 0 radical (unpaired) electrons. The maximum Gasteiger partial charge on any atom is 0.251 e. The van der Waals surface area contributed by atoms with E-state index in [9.17, 15) is 4.79 Å². The number of nitrogens with zero attached hydrogens (tertiary/aromatic N) is 4. The van der Waals surface area contributed by atoms with Gasteiger partial charge in [0.15, 0.2) is 5.82 Å². The first-order valence-corrected chi connectivity index (χ1v) is 6.51. The second kappa shape index (κ2) is 6.65. The molecule has 0 atom stereocenters. The summed E-state index contributed by atoms with van der Waals surface area (Å²) in [6.45, 7) is 3.21. The summed E-state index contributed by atoms with van der Waals surface area (Å²) in [6, 6.07) is 3.41. The average Bonchev–Trinajstić information content (AvgIpc) is 2.88. The van der Waals surface area contributed by atoms with Crippen LogP contribution >= 0.6 is 0 Å². The van der Waals surface area contributed by atoms with Crippen molar-refractivity contribution in [3.63, 3.8) is 0 Å². The molecule has 0 bridgehead atoms. The van der Waals surface area contributed by atoms with Gasteiger partial charge in [-0.2, -0.15) is 5.10 Å². The van der Waals surface area contributed by atoms with Crippen LogP contribution in [0.25, 0.3) is 0 Å². The average molecular weight is 274 g/mol. The first-order valence-electron chi connectivity index (χ1n) is 6.51. The van der Waals surface area contributed by atoms with E-state index in [0.29, 0.717) is 23.8 Å². The van der Waals surface area contributed by atoms with Crippen LogP contribution in [0.3, 0.4) is 0 Å². The van der Waals surface area contributed by atoms with Crippen molar-refractivity contribution >= 4 is 11.7 Å². The third-order valence-electron chi connectivity index (χ3n) is 2.63. The Labute approximate surface area is 117 Å². The molecule has 0 aromatic carbocycles. The molecule has 106 valence electrons. The number of nitrogens with one attached hydrogen (secondary N) is 2. The van der Waals surface area contributed by atoms with Gasteiger partial charge in [0.25, 0.3) is 5.91 Å². The zero-order valence-electron chi connectivity index (χ0n) is 11.6. The predicted molar refractivity (Wildman–Crippen MR) is 75.2 cm³/mol. The van der Waals surface area contributed by atoms with Crippen molar-refractivity contribution in [3.8, 4) is 0 Å². The fraction of sp³-hybridized carbons (Fsp3) is 0.385. The summed E-state index contributed by atoms with van der Waals surface area (Å²) in [5.41, 5.74) is 0.564. The number of anilines is 1. The van der Waals surface area contributed by atoms with E-state index in [4.69, 9.17) is 0 Å². The van der Waals surface area contributed by atoms with Crippen LogP contribution in [0.1, 0.15) is 29.5 Å². The van der Waals surface area contributed by atoms with Crippen molar-refractivity contribution in [2.45, 2.75) is 19.9 Å². The largest absolute Gasteiger partial charge is 0.370 e. The Morgan fingerprint density at radius 1 is 1.40 bits per heavy atom. The molecule has 2 N–H and O–H groups in total. The van der Waals surface area contributed by atoms with E-state index in [1.807, 2.05) is 0 Å². The fourth-order valence-corrected chi connectivity index (χ4v) is 1.65. The van der Waals surface area contributed by atoms with E-state index >= 15 is 0 Å². The van der Waals surface area contributed by atoms with Crippen LogP contribution in [0.2, 0.25) is 0 Å². The molecular formula is C13H18N6O. The van der Waals surface area contributed by atoms with Gasteiger partial charge in [-0.1, -0.05) is 6.92 Å². The van der Waals surface area contributed by atoms with Gasteiger partial charge in [0, 0.05) is 25.4 Å². The van der Waals surface area contributed by atoms with Crippen LogP contribution in [-0.4, -0.2) is 32.2 Å². The lowest BCUT2D eigenvalue weighted by Crippen LogP contribution is -2.23. The molecule has 1 amide bonds. The molecule has 0 aliphatic heterocycles. The van der Waals surface area contributed by atoms with Crippen molar-refractivity contribution in [2.75, 3.05) is 11.9 Å². The summed E-state index contributed by atoms with van der Waals surface area (Å²) in [5, 5.41) is 10.0. The Hall–Kier alpha value is -2.44. The Balaban J connectivity index is 1.94. The highest BCUT2D eigenvalue weighted by atomic mass is 16.1. The van der Waals surface area contributed by atoms with Crippen LogP contribution in [0.5, 0.6) is 0 Å². The van der Waals surface area contributed by atoms with Gasteiger partial charge in [-0.3, -0.25) is 9.48 Å². The molecular weight excluding hydrogens is 256 g/mol. The summed E-state index contributed by atoms with van der Waals surface area (Å²) in [5.74, 6) is 1.12. The molecule has 7 heteroatoms. The fourth-order valence-electron chi connectivity index (χ4n) is 1.65. The normalized spacial score (nSPS) is 10.3. The molecule has 0 aliphatic rings. The number of amides is 1. The number of hydrogen-bond donors (Lipinski definition) is 2. The second-order valence-electron chi connectivity index (χ2n) is 4.37. The minimum Gasteiger partial charge on any atom is -0.370 e. The zero-order chi connectivity index (χ0) is 14.4. The maximum absolute atomic E-state index is 12.0. The highest BCUT2D eigenvalue weighted by molar-refractivity contribution is 5.94. The second-order valence-corrected chi connectivity index (χ2v) is 4.37. The van der Waals surface area contributed by atoms with Gasteiger partial charge in [0.1, 0.15) is 12.1 Å². The summed E-state index contributed by atoms with van der Waals surface area (Å²) < 4.78 is 1.60. The van der Waals surface area contributed by atoms with E-state index in [1.54, 1.807) is 36.4 Å². The van der Waals surface area contributed by atoms with Crippen molar-refractivity contribution in [1.29, 1.82) is 0 Å². The molecule has 0 spiro atoms. The van der Waals surface area contributed by atoms with E-state index in [0.717, 1.165) is 13.0 Å². The van der Waals surface area contributed by atoms with E-state index in [1.165, 1.54) is 0 Å².